The number of rotatable bonds is 5. The number of hydrogen-bond acceptors (Lipinski definition) is 2. The molecule has 0 fully saturated rings. The first-order chi connectivity index (χ1) is 9.92. The van der Waals surface area contributed by atoms with Gasteiger partial charge in [-0.25, -0.2) is 8.42 Å². The molecule has 0 aliphatic rings. The van der Waals surface area contributed by atoms with Crippen molar-refractivity contribution in [2.24, 2.45) is 0 Å². The topological polar surface area (TPSA) is 46.2 Å². The molecular formula is C16H18BrNO2S. The van der Waals surface area contributed by atoms with Crippen LogP contribution in [0.1, 0.15) is 24.5 Å². The molecule has 2 aromatic carbocycles. The standard InChI is InChI=1S/C16H18BrNO2S/c1-3-4-13-6-8-14(9-7-13)21(19,20)18-16-10-5-12(2)11-15(16)17/h5-11,18H,3-4H2,1-2H3. The highest BCUT2D eigenvalue weighted by molar-refractivity contribution is 9.10. The van der Waals surface area contributed by atoms with Gasteiger partial charge in [0.25, 0.3) is 10.0 Å². The van der Waals surface area contributed by atoms with E-state index in [1.165, 1.54) is 0 Å². The quantitative estimate of drug-likeness (QED) is 0.844. The van der Waals surface area contributed by atoms with Crippen molar-refractivity contribution in [3.8, 4) is 0 Å². The number of sulfonamides is 1. The molecule has 0 spiro atoms. The van der Waals surface area contributed by atoms with Crippen LogP contribution in [-0.4, -0.2) is 8.42 Å². The van der Waals surface area contributed by atoms with E-state index >= 15 is 0 Å². The minimum atomic E-state index is -3.56. The molecule has 5 heteroatoms. The first-order valence-electron chi connectivity index (χ1n) is 6.80. The molecule has 0 heterocycles. The van der Waals surface area contributed by atoms with Crippen LogP contribution < -0.4 is 4.72 Å². The lowest BCUT2D eigenvalue weighted by molar-refractivity contribution is 0.601. The van der Waals surface area contributed by atoms with Gasteiger partial charge < -0.3 is 0 Å². The Hall–Kier alpha value is -1.33. The summed E-state index contributed by atoms with van der Waals surface area (Å²) in [4.78, 5) is 0.273. The van der Waals surface area contributed by atoms with Crippen LogP contribution in [0.4, 0.5) is 5.69 Å². The van der Waals surface area contributed by atoms with Gasteiger partial charge in [-0.05, 0) is 64.7 Å². The molecule has 0 radical (unpaired) electrons. The minimum absolute atomic E-state index is 0.273. The lowest BCUT2D eigenvalue weighted by Crippen LogP contribution is -2.13. The SMILES string of the molecule is CCCc1ccc(S(=O)(=O)Nc2ccc(C)cc2Br)cc1. The summed E-state index contributed by atoms with van der Waals surface area (Å²) in [5.74, 6) is 0. The molecule has 0 bridgehead atoms. The van der Waals surface area contributed by atoms with Crippen LogP contribution in [0.25, 0.3) is 0 Å². The van der Waals surface area contributed by atoms with Crippen LogP contribution in [0.5, 0.6) is 0 Å². The number of benzene rings is 2. The van der Waals surface area contributed by atoms with Crippen molar-refractivity contribution < 1.29 is 8.42 Å². The lowest BCUT2D eigenvalue weighted by Gasteiger charge is -2.11. The maximum Gasteiger partial charge on any atom is 0.261 e. The third-order valence-corrected chi connectivity index (χ3v) is 5.18. The Bertz CT molecular complexity index is 724. The second-order valence-electron chi connectivity index (χ2n) is 4.98. The fraction of sp³-hybridized carbons (Fsp3) is 0.250. The first kappa shape index (κ1) is 16.0. The zero-order valence-electron chi connectivity index (χ0n) is 12.1. The second kappa shape index (κ2) is 6.62. The number of halogens is 1. The average Bonchev–Trinajstić information content (AvgIpc) is 2.43. The molecule has 0 aliphatic carbocycles. The summed E-state index contributed by atoms with van der Waals surface area (Å²) in [6.07, 6.45) is 2.00. The monoisotopic (exact) mass is 367 g/mol. The van der Waals surface area contributed by atoms with Gasteiger partial charge in [0, 0.05) is 4.47 Å². The summed E-state index contributed by atoms with van der Waals surface area (Å²) in [5, 5.41) is 0. The maximum atomic E-state index is 12.4. The van der Waals surface area contributed by atoms with Gasteiger partial charge in [-0.3, -0.25) is 4.72 Å². The van der Waals surface area contributed by atoms with Crippen LogP contribution in [0.2, 0.25) is 0 Å². The Balaban J connectivity index is 2.25. The Labute approximate surface area is 134 Å². The molecule has 1 N–H and O–H groups in total. The Morgan fingerprint density at radius 1 is 1.10 bits per heavy atom. The number of nitrogens with one attached hydrogen (secondary N) is 1. The van der Waals surface area contributed by atoms with Gasteiger partial charge in [0.15, 0.2) is 0 Å². The fourth-order valence-electron chi connectivity index (χ4n) is 2.03. The summed E-state index contributed by atoms with van der Waals surface area (Å²) in [7, 11) is -3.56. The zero-order chi connectivity index (χ0) is 15.5. The Morgan fingerprint density at radius 3 is 2.33 bits per heavy atom. The second-order valence-corrected chi connectivity index (χ2v) is 7.52. The molecule has 0 aliphatic heterocycles. The molecule has 0 unspecified atom stereocenters. The molecule has 112 valence electrons. The highest BCUT2D eigenvalue weighted by atomic mass is 79.9. The molecular weight excluding hydrogens is 350 g/mol. The van der Waals surface area contributed by atoms with E-state index in [9.17, 15) is 8.42 Å². The molecule has 2 rings (SSSR count). The van der Waals surface area contributed by atoms with E-state index in [-0.39, 0.29) is 4.90 Å². The van der Waals surface area contributed by atoms with Gasteiger partial charge in [0.1, 0.15) is 0 Å². The third-order valence-electron chi connectivity index (χ3n) is 3.14. The van der Waals surface area contributed by atoms with E-state index in [2.05, 4.69) is 27.6 Å². The predicted molar refractivity (Wildman–Crippen MR) is 90.1 cm³/mol. The Kier molecular flexibility index (Phi) is 5.06. The van der Waals surface area contributed by atoms with Crippen molar-refractivity contribution >= 4 is 31.6 Å². The molecule has 2 aromatic rings. The summed E-state index contributed by atoms with van der Waals surface area (Å²) in [6, 6.07) is 12.5. The molecule has 0 atom stereocenters. The van der Waals surface area contributed by atoms with Gasteiger partial charge in [-0.1, -0.05) is 31.5 Å². The van der Waals surface area contributed by atoms with Gasteiger partial charge in [0.2, 0.25) is 0 Å². The Morgan fingerprint density at radius 2 is 1.76 bits per heavy atom. The summed E-state index contributed by atoms with van der Waals surface area (Å²) in [5.41, 5.74) is 2.75. The smallest absolute Gasteiger partial charge is 0.261 e. The third kappa shape index (κ3) is 4.08. The van der Waals surface area contributed by atoms with E-state index in [1.54, 1.807) is 18.2 Å². The van der Waals surface area contributed by atoms with Gasteiger partial charge in [-0.15, -0.1) is 0 Å². The van der Waals surface area contributed by atoms with Crippen molar-refractivity contribution in [1.82, 2.24) is 0 Å². The number of anilines is 1. The van der Waals surface area contributed by atoms with Crippen molar-refractivity contribution in [3.63, 3.8) is 0 Å². The van der Waals surface area contributed by atoms with Crippen molar-refractivity contribution in [2.75, 3.05) is 4.72 Å². The number of hydrogen-bond donors (Lipinski definition) is 1. The van der Waals surface area contributed by atoms with Crippen LogP contribution in [0.15, 0.2) is 51.8 Å². The molecule has 0 amide bonds. The van der Waals surface area contributed by atoms with E-state index in [4.69, 9.17) is 0 Å². The molecule has 21 heavy (non-hydrogen) atoms. The van der Waals surface area contributed by atoms with Crippen molar-refractivity contribution in [2.45, 2.75) is 31.6 Å². The van der Waals surface area contributed by atoms with Gasteiger partial charge >= 0.3 is 0 Å². The molecule has 0 saturated carbocycles. The lowest BCUT2D eigenvalue weighted by atomic mass is 10.1. The van der Waals surface area contributed by atoms with E-state index < -0.39 is 10.0 Å². The molecule has 0 saturated heterocycles. The van der Waals surface area contributed by atoms with Crippen LogP contribution in [0, 0.1) is 6.92 Å². The van der Waals surface area contributed by atoms with Gasteiger partial charge in [0.05, 0.1) is 10.6 Å². The highest BCUT2D eigenvalue weighted by Crippen LogP contribution is 2.26. The van der Waals surface area contributed by atoms with Crippen molar-refractivity contribution in [3.05, 3.63) is 58.1 Å². The van der Waals surface area contributed by atoms with E-state index in [0.717, 1.165) is 28.4 Å². The minimum Gasteiger partial charge on any atom is -0.278 e. The summed E-state index contributed by atoms with van der Waals surface area (Å²) < 4.78 is 28.1. The average molecular weight is 368 g/mol. The predicted octanol–water partition coefficient (Wildman–Crippen LogP) is 4.51. The number of aryl methyl sites for hydroxylation is 2. The van der Waals surface area contributed by atoms with E-state index in [0.29, 0.717) is 5.69 Å². The van der Waals surface area contributed by atoms with Crippen molar-refractivity contribution in [1.29, 1.82) is 0 Å². The maximum absolute atomic E-state index is 12.4. The van der Waals surface area contributed by atoms with Crippen LogP contribution >= 0.6 is 15.9 Å². The fourth-order valence-corrected chi connectivity index (χ4v) is 3.83. The van der Waals surface area contributed by atoms with E-state index in [1.807, 2.05) is 31.2 Å². The molecule has 3 nitrogen and oxygen atoms in total. The largest absolute Gasteiger partial charge is 0.278 e. The summed E-state index contributed by atoms with van der Waals surface area (Å²) >= 11 is 3.38. The van der Waals surface area contributed by atoms with Gasteiger partial charge in [-0.2, -0.15) is 0 Å². The van der Waals surface area contributed by atoms with Crippen LogP contribution in [0.3, 0.4) is 0 Å². The summed E-state index contributed by atoms with van der Waals surface area (Å²) in [6.45, 7) is 4.05. The highest BCUT2D eigenvalue weighted by Gasteiger charge is 2.15. The molecule has 0 aromatic heterocycles. The normalized spacial score (nSPS) is 11.4. The zero-order valence-corrected chi connectivity index (χ0v) is 14.5. The first-order valence-corrected chi connectivity index (χ1v) is 9.08. The van der Waals surface area contributed by atoms with Crippen LogP contribution in [-0.2, 0) is 16.4 Å².